The molecule has 0 spiro atoms. The van der Waals surface area contributed by atoms with E-state index in [1.807, 2.05) is 20.8 Å². The van der Waals surface area contributed by atoms with Crippen LogP contribution in [0.3, 0.4) is 0 Å². The summed E-state index contributed by atoms with van der Waals surface area (Å²) >= 11 is 1.19. The summed E-state index contributed by atoms with van der Waals surface area (Å²) in [5, 5.41) is -0.170. The number of thiazole rings is 1. The lowest BCUT2D eigenvalue weighted by Crippen LogP contribution is -2.55. The Morgan fingerprint density at radius 1 is 1.24 bits per heavy atom. The van der Waals surface area contributed by atoms with E-state index in [1.165, 1.54) is 11.3 Å². The fourth-order valence-electron chi connectivity index (χ4n) is 4.17. The first-order chi connectivity index (χ1) is 15.8. The number of nitrogens with two attached hydrogens (primary N) is 2. The number of sulfonamides is 1. The molecule has 2 aliphatic rings. The van der Waals surface area contributed by atoms with Crippen molar-refractivity contribution in [3.05, 3.63) is 28.8 Å². The van der Waals surface area contributed by atoms with Crippen molar-refractivity contribution in [2.75, 3.05) is 6.54 Å². The summed E-state index contributed by atoms with van der Waals surface area (Å²) in [6, 6.07) is 0.159. The van der Waals surface area contributed by atoms with Gasteiger partial charge in [-0.05, 0) is 25.8 Å². The summed E-state index contributed by atoms with van der Waals surface area (Å²) in [5.74, 6) is -0.170. The van der Waals surface area contributed by atoms with E-state index in [0.717, 1.165) is 4.90 Å². The lowest BCUT2D eigenvalue weighted by Gasteiger charge is -2.32. The zero-order valence-electron chi connectivity index (χ0n) is 19.5. The summed E-state index contributed by atoms with van der Waals surface area (Å²) in [7, 11) is -3.56. The van der Waals surface area contributed by atoms with Crippen LogP contribution in [-0.2, 0) is 25.8 Å². The van der Waals surface area contributed by atoms with Crippen LogP contribution in [0.1, 0.15) is 56.6 Å². The van der Waals surface area contributed by atoms with Gasteiger partial charge in [0.1, 0.15) is 10.8 Å². The lowest BCUT2D eigenvalue weighted by molar-refractivity contribution is -0.127. The number of hydrogen-bond donors (Lipinski definition) is 3. The number of carbonyl (C=O) groups is 2. The van der Waals surface area contributed by atoms with Crippen LogP contribution in [0.2, 0.25) is 0 Å². The van der Waals surface area contributed by atoms with Crippen LogP contribution in [-0.4, -0.2) is 58.0 Å². The first kappa shape index (κ1) is 24.5. The van der Waals surface area contributed by atoms with Crippen LogP contribution in [0, 0.1) is 6.92 Å². The number of primary amides is 2. The third-order valence-corrected chi connectivity index (χ3v) is 9.42. The molecule has 184 valence electrons. The maximum Gasteiger partial charge on any atom is 0.316 e. The average molecular weight is 508 g/mol. The Bertz CT molecular complexity index is 1250. The van der Waals surface area contributed by atoms with Gasteiger partial charge in [-0.25, -0.2) is 32.9 Å². The smallest absolute Gasteiger partial charge is 0.316 e. The monoisotopic (exact) mass is 507 g/mol. The molecule has 3 amide bonds. The Hall–Kier alpha value is -2.64. The van der Waals surface area contributed by atoms with Gasteiger partial charge in [0.25, 0.3) is 5.91 Å². The van der Waals surface area contributed by atoms with E-state index in [4.69, 9.17) is 11.5 Å². The highest BCUT2D eigenvalue weighted by Crippen LogP contribution is 2.44. The van der Waals surface area contributed by atoms with Gasteiger partial charge in [0.15, 0.2) is 5.54 Å². The number of hydrogen-bond acceptors (Lipinski definition) is 8. The second-order valence-corrected chi connectivity index (χ2v) is 12.9. The van der Waals surface area contributed by atoms with Gasteiger partial charge in [-0.3, -0.25) is 4.79 Å². The van der Waals surface area contributed by atoms with Crippen LogP contribution in [0.15, 0.2) is 12.3 Å². The summed E-state index contributed by atoms with van der Waals surface area (Å²) in [6.45, 7) is 7.71. The first-order valence-electron chi connectivity index (χ1n) is 11.0. The van der Waals surface area contributed by atoms with Gasteiger partial charge in [-0.15, -0.1) is 11.3 Å². The Balaban J connectivity index is 1.76. The first-order valence-corrected chi connectivity index (χ1v) is 13.3. The molecule has 2 aromatic heterocycles. The number of nitrogens with one attached hydrogen (secondary N) is 1. The van der Waals surface area contributed by atoms with Crippen molar-refractivity contribution in [1.29, 1.82) is 0 Å². The Kier molecular flexibility index (Phi) is 5.93. The normalized spacial score (nSPS) is 23.3. The number of nitrogens with zero attached hydrogens (tertiary/aromatic N) is 4. The van der Waals surface area contributed by atoms with Crippen molar-refractivity contribution >= 4 is 33.3 Å². The second-order valence-electron chi connectivity index (χ2n) is 9.89. The van der Waals surface area contributed by atoms with E-state index < -0.39 is 38.8 Å². The summed E-state index contributed by atoms with van der Waals surface area (Å²) in [6.07, 6.45) is 2.79. The van der Waals surface area contributed by atoms with Gasteiger partial charge < -0.3 is 16.4 Å². The van der Waals surface area contributed by atoms with Gasteiger partial charge in [0.05, 0.1) is 21.5 Å². The van der Waals surface area contributed by atoms with Crippen LogP contribution in [0.5, 0.6) is 0 Å². The van der Waals surface area contributed by atoms with E-state index in [-0.39, 0.29) is 23.4 Å². The fourth-order valence-corrected chi connectivity index (χ4v) is 6.99. The Morgan fingerprint density at radius 2 is 1.91 bits per heavy atom. The SMILES string of the molecule is Cc1nc(C2(C(N)=O)CC(NS(=O)(=O)C3CC3)CN2C(N)=O)sc1-c1ccnc(C(C)(C)C)n1. The minimum absolute atomic E-state index is 0.0549. The predicted molar refractivity (Wildman–Crippen MR) is 127 cm³/mol. The minimum atomic E-state index is -3.56. The third kappa shape index (κ3) is 4.27. The molecule has 3 heterocycles. The van der Waals surface area contributed by atoms with Gasteiger partial charge in [0, 0.05) is 30.6 Å². The maximum atomic E-state index is 12.9. The third-order valence-electron chi connectivity index (χ3n) is 6.08. The lowest BCUT2D eigenvalue weighted by atomic mass is 9.94. The van der Waals surface area contributed by atoms with E-state index in [0.29, 0.717) is 34.9 Å². The number of urea groups is 1. The molecule has 1 saturated carbocycles. The molecular weight excluding hydrogens is 478 g/mol. The molecule has 0 bridgehead atoms. The molecule has 1 aliphatic heterocycles. The molecule has 0 radical (unpaired) electrons. The van der Waals surface area contributed by atoms with Crippen LogP contribution in [0.4, 0.5) is 4.79 Å². The van der Waals surface area contributed by atoms with Crippen LogP contribution in [0.25, 0.3) is 10.6 Å². The van der Waals surface area contributed by atoms with Crippen LogP contribution >= 0.6 is 11.3 Å². The van der Waals surface area contributed by atoms with E-state index in [1.54, 1.807) is 19.2 Å². The highest BCUT2D eigenvalue weighted by molar-refractivity contribution is 7.90. The quantitative estimate of drug-likeness (QED) is 0.525. The highest BCUT2D eigenvalue weighted by atomic mass is 32.2. The molecule has 0 aromatic carbocycles. The fraction of sp³-hybridized carbons (Fsp3) is 0.571. The van der Waals surface area contributed by atoms with Crippen molar-refractivity contribution < 1.29 is 18.0 Å². The number of carbonyl (C=O) groups excluding carboxylic acids is 2. The number of aryl methyl sites for hydroxylation is 1. The second kappa shape index (κ2) is 8.24. The van der Waals surface area contributed by atoms with Gasteiger partial charge in [0.2, 0.25) is 10.0 Å². The topological polar surface area (TPSA) is 174 Å². The molecule has 13 heteroatoms. The molecule has 4 rings (SSSR count). The summed E-state index contributed by atoms with van der Waals surface area (Å²) in [5.41, 5.74) is 10.8. The van der Waals surface area contributed by atoms with Gasteiger partial charge in [-0.1, -0.05) is 20.8 Å². The minimum Gasteiger partial charge on any atom is -0.367 e. The maximum absolute atomic E-state index is 12.9. The van der Waals surface area contributed by atoms with Gasteiger partial charge in [-0.2, -0.15) is 0 Å². The van der Waals surface area contributed by atoms with Crippen molar-refractivity contribution in [2.45, 2.75) is 69.2 Å². The Labute approximate surface area is 202 Å². The molecule has 5 N–H and O–H groups in total. The molecule has 11 nitrogen and oxygen atoms in total. The Morgan fingerprint density at radius 3 is 2.47 bits per heavy atom. The van der Waals surface area contributed by atoms with Gasteiger partial charge >= 0.3 is 6.03 Å². The van der Waals surface area contributed by atoms with Crippen LogP contribution < -0.4 is 16.2 Å². The average Bonchev–Trinajstić information content (AvgIpc) is 3.43. The summed E-state index contributed by atoms with van der Waals surface area (Å²) in [4.78, 5) is 40.7. The standard InChI is InChI=1S/C21H29N7O4S2/c1-11-15(14-7-8-24-17(26-14)20(2,3)4)33-18(25-11)21(16(22)29)9-12(10-28(21)19(23)30)27-34(31,32)13-5-6-13/h7-8,12-13,27H,5-6,9-10H2,1-4H3,(H2,22,29)(H2,23,30). The zero-order chi connectivity index (χ0) is 25.1. The number of rotatable bonds is 6. The van der Waals surface area contributed by atoms with E-state index >= 15 is 0 Å². The number of amides is 3. The zero-order valence-corrected chi connectivity index (χ0v) is 21.2. The van der Waals surface area contributed by atoms with Crippen molar-refractivity contribution in [3.63, 3.8) is 0 Å². The molecule has 1 aliphatic carbocycles. The number of likely N-dealkylation sites (tertiary alicyclic amines) is 1. The molecule has 34 heavy (non-hydrogen) atoms. The van der Waals surface area contributed by atoms with E-state index in [2.05, 4.69) is 19.7 Å². The highest BCUT2D eigenvalue weighted by Gasteiger charge is 2.56. The molecule has 2 aromatic rings. The van der Waals surface area contributed by atoms with Crippen molar-refractivity contribution in [2.24, 2.45) is 11.5 Å². The van der Waals surface area contributed by atoms with E-state index in [9.17, 15) is 18.0 Å². The molecular formula is C21H29N7O4S2. The predicted octanol–water partition coefficient (Wildman–Crippen LogP) is 1.12. The molecule has 2 atom stereocenters. The molecule has 2 unspecified atom stereocenters. The number of aromatic nitrogens is 3. The largest absolute Gasteiger partial charge is 0.367 e. The molecule has 1 saturated heterocycles. The van der Waals surface area contributed by atoms with Crippen molar-refractivity contribution in [3.8, 4) is 10.6 Å². The summed E-state index contributed by atoms with van der Waals surface area (Å²) < 4.78 is 27.6. The molecule has 2 fully saturated rings. The van der Waals surface area contributed by atoms with Crippen molar-refractivity contribution in [1.82, 2.24) is 24.6 Å².